The summed E-state index contributed by atoms with van der Waals surface area (Å²) in [5.41, 5.74) is 1.96. The maximum Gasteiger partial charge on any atom is 0.261 e. The molecule has 0 radical (unpaired) electrons. The predicted molar refractivity (Wildman–Crippen MR) is 125 cm³/mol. The average Bonchev–Trinajstić information content (AvgIpc) is 3.16. The highest BCUT2D eigenvalue weighted by Crippen LogP contribution is 2.17. The zero-order valence-corrected chi connectivity index (χ0v) is 19.2. The van der Waals surface area contributed by atoms with Gasteiger partial charge >= 0.3 is 0 Å². The topological polar surface area (TPSA) is 98.1 Å². The molecule has 3 rings (SSSR count). The number of carbonyl (C=O) groups is 2. The Hall–Kier alpha value is -3.33. The number of amides is 2. The number of ether oxygens (including phenoxy) is 1. The van der Waals surface area contributed by atoms with Gasteiger partial charge in [0.1, 0.15) is 5.75 Å². The standard InChI is InChI=1S/C23H27N5O3S/c1-4-17-10-12-19(13-11-17)31-16(2)22(30)24-14-20-26-27-23(28(20)3)32-15-21(29)25-18-8-6-5-7-9-18/h5-13,16H,4,14-15H2,1-3H3,(H,24,30)(H,25,29)/t16-/m0/s1. The lowest BCUT2D eigenvalue weighted by atomic mass is 10.2. The molecular formula is C23H27N5O3S. The number of benzene rings is 2. The van der Waals surface area contributed by atoms with E-state index in [9.17, 15) is 9.59 Å². The van der Waals surface area contributed by atoms with Crippen molar-refractivity contribution < 1.29 is 14.3 Å². The van der Waals surface area contributed by atoms with Crippen LogP contribution in [-0.2, 0) is 29.6 Å². The van der Waals surface area contributed by atoms with Crippen molar-refractivity contribution in [2.75, 3.05) is 11.1 Å². The number of aromatic nitrogens is 3. The van der Waals surface area contributed by atoms with Crippen LogP contribution in [0.2, 0.25) is 0 Å². The van der Waals surface area contributed by atoms with Crippen LogP contribution in [0.4, 0.5) is 5.69 Å². The number of para-hydroxylation sites is 1. The second-order valence-corrected chi connectivity index (χ2v) is 8.08. The molecule has 3 aromatic rings. The molecule has 1 atom stereocenters. The summed E-state index contributed by atoms with van der Waals surface area (Å²) >= 11 is 1.28. The van der Waals surface area contributed by atoms with Crippen LogP contribution in [0.3, 0.4) is 0 Å². The van der Waals surface area contributed by atoms with Crippen molar-refractivity contribution in [1.82, 2.24) is 20.1 Å². The Balaban J connectivity index is 1.46. The number of nitrogens with zero attached hydrogens (tertiary/aromatic N) is 3. The minimum Gasteiger partial charge on any atom is -0.481 e. The molecule has 0 aliphatic heterocycles. The van der Waals surface area contributed by atoms with E-state index in [4.69, 9.17) is 4.74 Å². The summed E-state index contributed by atoms with van der Waals surface area (Å²) in [6, 6.07) is 17.0. The number of hydrogen-bond acceptors (Lipinski definition) is 6. The number of hydrogen-bond donors (Lipinski definition) is 2. The molecule has 0 aliphatic rings. The number of nitrogens with one attached hydrogen (secondary N) is 2. The monoisotopic (exact) mass is 453 g/mol. The number of anilines is 1. The van der Waals surface area contributed by atoms with Gasteiger partial charge in [0.05, 0.1) is 12.3 Å². The third-order valence-electron chi connectivity index (χ3n) is 4.75. The van der Waals surface area contributed by atoms with Crippen LogP contribution in [0.15, 0.2) is 59.8 Å². The van der Waals surface area contributed by atoms with Crippen molar-refractivity contribution in [1.29, 1.82) is 0 Å². The summed E-state index contributed by atoms with van der Waals surface area (Å²) in [5.74, 6) is 1.07. The van der Waals surface area contributed by atoms with Gasteiger partial charge in [-0.1, -0.05) is 49.0 Å². The van der Waals surface area contributed by atoms with Gasteiger partial charge in [-0.05, 0) is 43.2 Å². The lowest BCUT2D eigenvalue weighted by Crippen LogP contribution is -2.36. The molecule has 0 unspecified atom stereocenters. The maximum absolute atomic E-state index is 12.4. The molecule has 8 nitrogen and oxygen atoms in total. The van der Waals surface area contributed by atoms with E-state index in [-0.39, 0.29) is 24.1 Å². The molecule has 0 spiro atoms. The molecule has 0 fully saturated rings. The van der Waals surface area contributed by atoms with Crippen LogP contribution in [0.5, 0.6) is 5.75 Å². The third kappa shape index (κ3) is 6.58. The number of carbonyl (C=O) groups excluding carboxylic acids is 2. The first-order chi connectivity index (χ1) is 15.5. The van der Waals surface area contributed by atoms with Gasteiger partial charge in [0, 0.05) is 12.7 Å². The van der Waals surface area contributed by atoms with Gasteiger partial charge in [-0.15, -0.1) is 10.2 Å². The summed E-state index contributed by atoms with van der Waals surface area (Å²) in [6.45, 7) is 4.00. The molecule has 32 heavy (non-hydrogen) atoms. The minimum atomic E-state index is -0.647. The first kappa shape index (κ1) is 23.3. The van der Waals surface area contributed by atoms with Gasteiger partial charge in [-0.2, -0.15) is 0 Å². The Bertz CT molecular complexity index is 1040. The Labute approximate surface area is 191 Å². The van der Waals surface area contributed by atoms with Crippen LogP contribution < -0.4 is 15.4 Å². The predicted octanol–water partition coefficient (Wildman–Crippen LogP) is 3.19. The second kappa shape index (κ2) is 11.3. The lowest BCUT2D eigenvalue weighted by molar-refractivity contribution is -0.127. The summed E-state index contributed by atoms with van der Waals surface area (Å²) in [4.78, 5) is 24.5. The highest BCUT2D eigenvalue weighted by Gasteiger charge is 2.17. The van der Waals surface area contributed by atoms with Crippen molar-refractivity contribution >= 4 is 29.3 Å². The summed E-state index contributed by atoms with van der Waals surface area (Å²) in [6.07, 6.45) is 0.303. The molecule has 168 valence electrons. The Morgan fingerprint density at radius 3 is 2.50 bits per heavy atom. The largest absolute Gasteiger partial charge is 0.481 e. The molecular weight excluding hydrogens is 426 g/mol. The zero-order valence-electron chi connectivity index (χ0n) is 18.4. The van der Waals surface area contributed by atoms with E-state index in [1.54, 1.807) is 18.5 Å². The highest BCUT2D eigenvalue weighted by atomic mass is 32.2. The number of aryl methyl sites for hydroxylation is 1. The van der Waals surface area contributed by atoms with Crippen molar-refractivity contribution in [2.24, 2.45) is 7.05 Å². The molecule has 2 N–H and O–H groups in total. The van der Waals surface area contributed by atoms with Gasteiger partial charge in [0.15, 0.2) is 17.1 Å². The quantitative estimate of drug-likeness (QED) is 0.458. The SMILES string of the molecule is CCc1ccc(O[C@@H](C)C(=O)NCc2nnc(SCC(=O)Nc3ccccc3)n2C)cc1. The van der Waals surface area contributed by atoms with E-state index in [0.29, 0.717) is 16.7 Å². The smallest absolute Gasteiger partial charge is 0.261 e. The van der Waals surface area contributed by atoms with Gasteiger partial charge in [-0.25, -0.2) is 0 Å². The fourth-order valence-electron chi connectivity index (χ4n) is 2.84. The zero-order chi connectivity index (χ0) is 22.9. The summed E-state index contributed by atoms with van der Waals surface area (Å²) in [5, 5.41) is 14.5. The normalized spacial score (nSPS) is 11.6. The fourth-order valence-corrected chi connectivity index (χ4v) is 3.57. The van der Waals surface area contributed by atoms with E-state index >= 15 is 0 Å². The first-order valence-electron chi connectivity index (χ1n) is 10.4. The number of rotatable bonds is 10. The van der Waals surface area contributed by atoms with Crippen LogP contribution in [-0.4, -0.2) is 38.4 Å². The lowest BCUT2D eigenvalue weighted by Gasteiger charge is -2.15. The second-order valence-electron chi connectivity index (χ2n) is 7.14. The molecule has 9 heteroatoms. The van der Waals surface area contributed by atoms with E-state index in [2.05, 4.69) is 27.8 Å². The molecule has 0 saturated heterocycles. The van der Waals surface area contributed by atoms with E-state index < -0.39 is 6.10 Å². The summed E-state index contributed by atoms with van der Waals surface area (Å²) < 4.78 is 7.47. The van der Waals surface area contributed by atoms with Gasteiger partial charge in [0.2, 0.25) is 5.91 Å². The maximum atomic E-state index is 12.4. The Morgan fingerprint density at radius 2 is 1.81 bits per heavy atom. The first-order valence-corrected chi connectivity index (χ1v) is 11.3. The molecule has 1 aromatic heterocycles. The molecule has 2 amide bonds. The Morgan fingerprint density at radius 1 is 1.09 bits per heavy atom. The Kier molecular flexibility index (Phi) is 8.27. The van der Waals surface area contributed by atoms with Crippen molar-refractivity contribution in [3.63, 3.8) is 0 Å². The van der Waals surface area contributed by atoms with E-state index in [0.717, 1.165) is 12.1 Å². The van der Waals surface area contributed by atoms with Crippen LogP contribution in [0.1, 0.15) is 25.2 Å². The molecule has 2 aromatic carbocycles. The summed E-state index contributed by atoms with van der Waals surface area (Å²) in [7, 11) is 1.80. The minimum absolute atomic E-state index is 0.128. The highest BCUT2D eigenvalue weighted by molar-refractivity contribution is 7.99. The third-order valence-corrected chi connectivity index (χ3v) is 5.77. The van der Waals surface area contributed by atoms with E-state index in [1.807, 2.05) is 54.6 Å². The van der Waals surface area contributed by atoms with E-state index in [1.165, 1.54) is 17.3 Å². The molecule has 0 bridgehead atoms. The fraction of sp³-hybridized carbons (Fsp3) is 0.304. The molecule has 1 heterocycles. The van der Waals surface area contributed by atoms with Crippen LogP contribution in [0, 0.1) is 0 Å². The van der Waals surface area contributed by atoms with Gasteiger partial charge < -0.3 is 19.9 Å². The van der Waals surface area contributed by atoms with Crippen molar-refractivity contribution in [3.8, 4) is 5.75 Å². The average molecular weight is 454 g/mol. The van der Waals surface area contributed by atoms with Gasteiger partial charge in [-0.3, -0.25) is 9.59 Å². The molecule has 0 saturated carbocycles. The molecule has 0 aliphatic carbocycles. The van der Waals surface area contributed by atoms with Crippen molar-refractivity contribution in [3.05, 3.63) is 66.0 Å². The van der Waals surface area contributed by atoms with Crippen LogP contribution >= 0.6 is 11.8 Å². The van der Waals surface area contributed by atoms with Crippen LogP contribution in [0.25, 0.3) is 0 Å². The number of thioether (sulfide) groups is 1. The van der Waals surface area contributed by atoms with Gasteiger partial charge in [0.25, 0.3) is 5.91 Å². The van der Waals surface area contributed by atoms with Crippen molar-refractivity contribution in [2.45, 2.75) is 38.1 Å².